The molecule has 2 amide bonds. The highest BCUT2D eigenvalue weighted by molar-refractivity contribution is 5.73. The van der Waals surface area contributed by atoms with E-state index in [4.69, 9.17) is 5.73 Å². The predicted molar refractivity (Wildman–Crippen MR) is 70.6 cm³/mol. The standard InChI is InChI=1S/C12H24N2O7/c13-11(15)9-7-5-3-1-2-4-6-8-10-17-19-21-20-18-12(14)16/h1-10H2,(H2,13,15)(H2,14,16). The summed E-state index contributed by atoms with van der Waals surface area (Å²) in [6.45, 7) is 0.332. The van der Waals surface area contributed by atoms with Crippen LogP contribution >= 0.6 is 0 Å². The number of unbranched alkanes of at least 4 members (excludes halogenated alkanes) is 7. The van der Waals surface area contributed by atoms with Crippen LogP contribution < -0.4 is 11.5 Å². The van der Waals surface area contributed by atoms with E-state index in [0.29, 0.717) is 13.0 Å². The van der Waals surface area contributed by atoms with Gasteiger partial charge in [-0.25, -0.2) is 14.6 Å². The summed E-state index contributed by atoms with van der Waals surface area (Å²) < 4.78 is 0. The van der Waals surface area contributed by atoms with Gasteiger partial charge in [0.25, 0.3) is 0 Å². The Morgan fingerprint density at radius 2 is 1.29 bits per heavy atom. The molecule has 0 saturated carbocycles. The number of rotatable bonds is 15. The second kappa shape index (κ2) is 15.0. The predicted octanol–water partition coefficient (Wildman–Crippen LogP) is 1.80. The van der Waals surface area contributed by atoms with Crippen molar-refractivity contribution >= 4 is 12.0 Å². The molecule has 0 aliphatic carbocycles. The van der Waals surface area contributed by atoms with Gasteiger partial charge in [-0.05, 0) is 17.9 Å². The fourth-order valence-corrected chi connectivity index (χ4v) is 1.63. The molecule has 9 heteroatoms. The lowest BCUT2D eigenvalue weighted by Gasteiger charge is -2.02. The quantitative estimate of drug-likeness (QED) is 0.268. The second-order valence-electron chi connectivity index (χ2n) is 4.47. The smallest absolute Gasteiger partial charge is 0.370 e. The SMILES string of the molecule is NC(=O)CCCCCCCCCCOOOOOC(N)=O. The third-order valence-electron chi connectivity index (χ3n) is 2.62. The maximum atomic E-state index is 10.5. The molecule has 0 unspecified atom stereocenters. The van der Waals surface area contributed by atoms with Gasteiger partial charge >= 0.3 is 6.09 Å². The van der Waals surface area contributed by atoms with Gasteiger partial charge in [0.2, 0.25) is 5.91 Å². The fraction of sp³-hybridized carbons (Fsp3) is 0.833. The van der Waals surface area contributed by atoms with E-state index in [1.54, 1.807) is 0 Å². The summed E-state index contributed by atoms with van der Waals surface area (Å²) in [5.74, 6) is -0.229. The fourth-order valence-electron chi connectivity index (χ4n) is 1.63. The van der Waals surface area contributed by atoms with E-state index in [9.17, 15) is 9.59 Å². The molecule has 21 heavy (non-hydrogen) atoms. The van der Waals surface area contributed by atoms with E-state index in [1.165, 1.54) is 0 Å². The molecule has 0 saturated heterocycles. The van der Waals surface area contributed by atoms with Crippen molar-refractivity contribution in [1.82, 2.24) is 0 Å². The van der Waals surface area contributed by atoms with Gasteiger partial charge in [0, 0.05) is 16.5 Å². The Labute approximate surface area is 123 Å². The molecule has 0 aromatic rings. The van der Waals surface area contributed by atoms with Crippen LogP contribution in [-0.4, -0.2) is 18.6 Å². The Morgan fingerprint density at radius 3 is 1.86 bits per heavy atom. The summed E-state index contributed by atoms with van der Waals surface area (Å²) in [6.07, 6.45) is 7.57. The lowest BCUT2D eigenvalue weighted by molar-refractivity contribution is -0.696. The lowest BCUT2D eigenvalue weighted by Crippen LogP contribution is -2.13. The number of hydrogen-bond acceptors (Lipinski definition) is 7. The van der Waals surface area contributed by atoms with Crippen molar-refractivity contribution in [2.24, 2.45) is 11.5 Å². The topological polar surface area (TPSA) is 132 Å². The maximum absolute atomic E-state index is 10.5. The van der Waals surface area contributed by atoms with Crippen LogP contribution in [0.25, 0.3) is 0 Å². The Kier molecular flexibility index (Phi) is 14.0. The van der Waals surface area contributed by atoms with Gasteiger partial charge in [0.1, 0.15) is 0 Å². The van der Waals surface area contributed by atoms with E-state index < -0.39 is 6.09 Å². The third kappa shape index (κ3) is 18.6. The van der Waals surface area contributed by atoms with E-state index in [-0.39, 0.29) is 5.91 Å². The van der Waals surface area contributed by atoms with E-state index >= 15 is 0 Å². The number of amides is 2. The summed E-state index contributed by atoms with van der Waals surface area (Å²) in [4.78, 5) is 28.8. The average molecular weight is 308 g/mol. The number of primary amides is 2. The van der Waals surface area contributed by atoms with Crippen LogP contribution in [0.5, 0.6) is 0 Å². The van der Waals surface area contributed by atoms with Gasteiger partial charge in [0.05, 0.1) is 6.61 Å². The van der Waals surface area contributed by atoms with Crippen LogP contribution in [0.3, 0.4) is 0 Å². The summed E-state index contributed by atoms with van der Waals surface area (Å²) in [5, 5.41) is 11.7. The number of carbonyl (C=O) groups excluding carboxylic acids is 2. The highest BCUT2D eigenvalue weighted by Gasteiger charge is 1.98. The van der Waals surface area contributed by atoms with Crippen molar-refractivity contribution in [3.8, 4) is 0 Å². The lowest BCUT2D eigenvalue weighted by atomic mass is 10.1. The van der Waals surface area contributed by atoms with Gasteiger partial charge in [0.15, 0.2) is 0 Å². The van der Waals surface area contributed by atoms with E-state index in [0.717, 1.165) is 51.4 Å². The van der Waals surface area contributed by atoms with Crippen molar-refractivity contribution in [1.29, 1.82) is 0 Å². The molecule has 0 heterocycles. The molecule has 0 rings (SSSR count). The van der Waals surface area contributed by atoms with Crippen molar-refractivity contribution in [2.45, 2.75) is 57.8 Å². The normalized spacial score (nSPS) is 10.5. The average Bonchev–Trinajstić information content (AvgIpc) is 2.42. The molecular formula is C12H24N2O7. The van der Waals surface area contributed by atoms with Gasteiger partial charge in [-0.15, -0.1) is 0 Å². The minimum atomic E-state index is -1.16. The summed E-state index contributed by atoms with van der Waals surface area (Å²) in [5.41, 5.74) is 9.62. The van der Waals surface area contributed by atoms with Crippen molar-refractivity contribution < 1.29 is 34.5 Å². The molecule has 0 aromatic heterocycles. The molecule has 0 atom stereocenters. The molecular weight excluding hydrogens is 284 g/mol. The highest BCUT2D eigenvalue weighted by atomic mass is 17.8. The minimum Gasteiger partial charge on any atom is -0.370 e. The zero-order chi connectivity index (χ0) is 15.8. The van der Waals surface area contributed by atoms with Crippen LogP contribution in [0.1, 0.15) is 57.8 Å². The Bertz CT molecular complexity index is 250. The number of nitrogens with two attached hydrogens (primary N) is 2. The number of hydrogen-bond donors (Lipinski definition) is 2. The van der Waals surface area contributed by atoms with Gasteiger partial charge in [-0.1, -0.05) is 38.5 Å². The summed E-state index contributed by atoms with van der Waals surface area (Å²) >= 11 is 0. The zero-order valence-electron chi connectivity index (χ0n) is 12.1. The molecule has 4 N–H and O–H groups in total. The van der Waals surface area contributed by atoms with E-state index in [2.05, 4.69) is 30.6 Å². The van der Waals surface area contributed by atoms with Gasteiger partial charge in [-0.3, -0.25) is 4.79 Å². The first kappa shape index (κ1) is 19.6. The first-order valence-electron chi connectivity index (χ1n) is 7.00. The van der Waals surface area contributed by atoms with Crippen LogP contribution in [-0.2, 0) is 29.7 Å². The van der Waals surface area contributed by atoms with Crippen molar-refractivity contribution in [3.05, 3.63) is 0 Å². The maximum Gasteiger partial charge on any atom is 0.439 e. The third-order valence-corrected chi connectivity index (χ3v) is 2.62. The Balaban J connectivity index is 2.99. The molecule has 124 valence electrons. The molecule has 0 radical (unpaired) electrons. The molecule has 0 spiro atoms. The Morgan fingerprint density at radius 1 is 0.714 bits per heavy atom. The van der Waals surface area contributed by atoms with E-state index in [1.807, 2.05) is 0 Å². The van der Waals surface area contributed by atoms with Crippen molar-refractivity contribution in [2.75, 3.05) is 6.61 Å². The van der Waals surface area contributed by atoms with Gasteiger partial charge < -0.3 is 11.5 Å². The first-order chi connectivity index (χ1) is 10.1. The van der Waals surface area contributed by atoms with Crippen LogP contribution in [0.15, 0.2) is 0 Å². The monoisotopic (exact) mass is 308 g/mol. The molecule has 0 aliphatic heterocycles. The molecule has 9 nitrogen and oxygen atoms in total. The largest absolute Gasteiger partial charge is 0.439 e. The number of carbonyl (C=O) groups is 2. The summed E-state index contributed by atoms with van der Waals surface area (Å²) in [6, 6.07) is 0. The molecule has 0 aliphatic rings. The molecule has 0 bridgehead atoms. The second-order valence-corrected chi connectivity index (χ2v) is 4.47. The first-order valence-corrected chi connectivity index (χ1v) is 7.00. The highest BCUT2D eigenvalue weighted by Crippen LogP contribution is 2.09. The molecule has 0 aromatic carbocycles. The minimum absolute atomic E-state index is 0.229. The Hall–Kier alpha value is -1.42. The van der Waals surface area contributed by atoms with Crippen LogP contribution in [0.4, 0.5) is 4.79 Å². The van der Waals surface area contributed by atoms with Crippen LogP contribution in [0, 0.1) is 0 Å². The van der Waals surface area contributed by atoms with Crippen molar-refractivity contribution in [3.63, 3.8) is 0 Å². The summed E-state index contributed by atoms with van der Waals surface area (Å²) in [7, 11) is 0. The molecule has 0 fully saturated rings. The van der Waals surface area contributed by atoms with Gasteiger partial charge in [-0.2, -0.15) is 0 Å². The van der Waals surface area contributed by atoms with Crippen LogP contribution in [0.2, 0.25) is 0 Å². The zero-order valence-corrected chi connectivity index (χ0v) is 12.1.